The van der Waals surface area contributed by atoms with Crippen molar-refractivity contribution in [2.45, 2.75) is 38.8 Å². The number of Topliss-reactive ketones (excluding diaryl/α,β-unsaturated/α-hetero) is 1. The zero-order valence-electron chi connectivity index (χ0n) is 9.58. The Balaban J connectivity index is 2.11. The largest absolute Gasteiger partial charge is 0.295 e. The molecule has 0 N–H and O–H groups in total. The molecule has 1 unspecified atom stereocenters. The summed E-state index contributed by atoms with van der Waals surface area (Å²) < 4.78 is 14.1. The van der Waals surface area contributed by atoms with E-state index in [-0.39, 0.29) is 11.7 Å². The first-order chi connectivity index (χ1) is 7.68. The standard InChI is InChI=1S/C14H17FO/c1-10(16)11-6-8-13(9-7-11)14(15)12-4-2-3-5-12/h6-9,12,14H,2-5H2,1H3. The molecule has 2 rings (SSSR count). The summed E-state index contributed by atoms with van der Waals surface area (Å²) >= 11 is 0. The summed E-state index contributed by atoms with van der Waals surface area (Å²) in [6, 6.07) is 6.94. The second-order valence-electron chi connectivity index (χ2n) is 4.62. The highest BCUT2D eigenvalue weighted by Gasteiger charge is 2.25. The SMILES string of the molecule is CC(=O)c1ccc(C(F)C2CCCC2)cc1. The summed E-state index contributed by atoms with van der Waals surface area (Å²) in [6.07, 6.45) is 3.43. The topological polar surface area (TPSA) is 17.1 Å². The molecule has 1 nitrogen and oxygen atoms in total. The maximum Gasteiger partial charge on any atom is 0.159 e. The molecule has 0 aromatic heterocycles. The van der Waals surface area contributed by atoms with Gasteiger partial charge < -0.3 is 0 Å². The van der Waals surface area contributed by atoms with Gasteiger partial charge in [0.05, 0.1) is 0 Å². The van der Waals surface area contributed by atoms with E-state index in [0.29, 0.717) is 5.56 Å². The molecule has 1 aromatic rings. The molecule has 86 valence electrons. The Hall–Kier alpha value is -1.18. The van der Waals surface area contributed by atoms with E-state index in [0.717, 1.165) is 31.2 Å². The third-order valence-electron chi connectivity index (χ3n) is 3.45. The lowest BCUT2D eigenvalue weighted by Gasteiger charge is -2.15. The van der Waals surface area contributed by atoms with Gasteiger partial charge in [0.1, 0.15) is 6.17 Å². The van der Waals surface area contributed by atoms with E-state index in [9.17, 15) is 9.18 Å². The Morgan fingerprint density at radius 1 is 1.25 bits per heavy atom. The van der Waals surface area contributed by atoms with Crippen LogP contribution in [0.1, 0.15) is 54.7 Å². The van der Waals surface area contributed by atoms with Gasteiger partial charge in [-0.25, -0.2) is 4.39 Å². The minimum absolute atomic E-state index is 0.0304. The molecule has 1 aromatic carbocycles. The predicted octanol–water partition coefficient (Wildman–Crippen LogP) is 4.09. The highest BCUT2D eigenvalue weighted by molar-refractivity contribution is 5.94. The van der Waals surface area contributed by atoms with Crippen LogP contribution in [0.2, 0.25) is 0 Å². The molecule has 1 atom stereocenters. The van der Waals surface area contributed by atoms with Gasteiger partial charge in [-0.15, -0.1) is 0 Å². The first-order valence-electron chi connectivity index (χ1n) is 5.93. The van der Waals surface area contributed by atoms with Gasteiger partial charge in [0.25, 0.3) is 0 Å². The van der Waals surface area contributed by atoms with Crippen LogP contribution in [0.4, 0.5) is 4.39 Å². The van der Waals surface area contributed by atoms with Crippen LogP contribution in [0.3, 0.4) is 0 Å². The molecule has 16 heavy (non-hydrogen) atoms. The van der Waals surface area contributed by atoms with Crippen molar-refractivity contribution >= 4 is 5.78 Å². The lowest BCUT2D eigenvalue weighted by molar-refractivity contribution is 0.101. The molecule has 1 aliphatic rings. The van der Waals surface area contributed by atoms with Crippen molar-refractivity contribution in [3.05, 3.63) is 35.4 Å². The molecule has 0 aliphatic heterocycles. The molecule has 0 heterocycles. The van der Waals surface area contributed by atoms with Crippen molar-refractivity contribution in [2.24, 2.45) is 5.92 Å². The van der Waals surface area contributed by atoms with Gasteiger partial charge >= 0.3 is 0 Å². The van der Waals surface area contributed by atoms with E-state index in [1.54, 1.807) is 24.3 Å². The quantitative estimate of drug-likeness (QED) is 0.701. The summed E-state index contributed by atoms with van der Waals surface area (Å²) in [7, 11) is 0. The van der Waals surface area contributed by atoms with Gasteiger partial charge in [-0.1, -0.05) is 37.1 Å². The second-order valence-corrected chi connectivity index (χ2v) is 4.62. The zero-order valence-corrected chi connectivity index (χ0v) is 9.58. The van der Waals surface area contributed by atoms with Gasteiger partial charge in [-0.05, 0) is 31.2 Å². The number of alkyl halides is 1. The van der Waals surface area contributed by atoms with Gasteiger partial charge in [0.2, 0.25) is 0 Å². The number of hydrogen-bond donors (Lipinski definition) is 0. The van der Waals surface area contributed by atoms with Crippen molar-refractivity contribution < 1.29 is 9.18 Å². The summed E-state index contributed by atoms with van der Waals surface area (Å²) in [5, 5.41) is 0. The van der Waals surface area contributed by atoms with Gasteiger partial charge in [0.15, 0.2) is 5.78 Å². The van der Waals surface area contributed by atoms with E-state index in [2.05, 4.69) is 0 Å². The summed E-state index contributed by atoms with van der Waals surface area (Å²) in [6.45, 7) is 1.53. The normalized spacial score (nSPS) is 18.6. The molecule has 0 spiro atoms. The van der Waals surface area contributed by atoms with Crippen molar-refractivity contribution in [1.82, 2.24) is 0 Å². The molecular weight excluding hydrogens is 203 g/mol. The maximum atomic E-state index is 14.1. The predicted molar refractivity (Wildman–Crippen MR) is 62.3 cm³/mol. The number of carbonyl (C=O) groups excluding carboxylic acids is 1. The first kappa shape index (κ1) is 11.3. The Morgan fingerprint density at radius 3 is 2.31 bits per heavy atom. The zero-order chi connectivity index (χ0) is 11.5. The van der Waals surface area contributed by atoms with E-state index in [1.165, 1.54) is 6.92 Å². The van der Waals surface area contributed by atoms with Crippen molar-refractivity contribution in [2.75, 3.05) is 0 Å². The average Bonchev–Trinajstić information content (AvgIpc) is 2.81. The number of halogens is 1. The van der Waals surface area contributed by atoms with Crippen LogP contribution in [0.5, 0.6) is 0 Å². The number of carbonyl (C=O) groups is 1. The molecule has 2 heteroatoms. The van der Waals surface area contributed by atoms with Crippen LogP contribution >= 0.6 is 0 Å². The third kappa shape index (κ3) is 2.31. The van der Waals surface area contributed by atoms with Crippen LogP contribution < -0.4 is 0 Å². The second kappa shape index (κ2) is 4.77. The Labute approximate surface area is 95.7 Å². The van der Waals surface area contributed by atoms with E-state index < -0.39 is 6.17 Å². The smallest absolute Gasteiger partial charge is 0.159 e. The highest BCUT2D eigenvalue weighted by Crippen LogP contribution is 2.38. The van der Waals surface area contributed by atoms with E-state index in [1.807, 2.05) is 0 Å². The highest BCUT2D eigenvalue weighted by atomic mass is 19.1. The van der Waals surface area contributed by atoms with Crippen LogP contribution in [-0.4, -0.2) is 5.78 Å². The first-order valence-corrected chi connectivity index (χ1v) is 5.93. The average molecular weight is 220 g/mol. The molecule has 1 saturated carbocycles. The Morgan fingerprint density at radius 2 is 1.81 bits per heavy atom. The minimum atomic E-state index is -0.858. The van der Waals surface area contributed by atoms with E-state index in [4.69, 9.17) is 0 Å². The monoisotopic (exact) mass is 220 g/mol. The summed E-state index contributed by atoms with van der Waals surface area (Å²) in [4.78, 5) is 11.1. The number of ketones is 1. The summed E-state index contributed by atoms with van der Waals surface area (Å²) in [5.74, 6) is 0.214. The fraction of sp³-hybridized carbons (Fsp3) is 0.500. The lowest BCUT2D eigenvalue weighted by atomic mass is 9.95. The number of hydrogen-bond acceptors (Lipinski definition) is 1. The van der Waals surface area contributed by atoms with Crippen LogP contribution in [0, 0.1) is 5.92 Å². The minimum Gasteiger partial charge on any atom is -0.295 e. The Bertz CT molecular complexity index is 363. The number of benzene rings is 1. The molecular formula is C14H17FO. The lowest BCUT2D eigenvalue weighted by Crippen LogP contribution is -2.04. The molecule has 0 amide bonds. The van der Waals surface area contributed by atoms with Crippen LogP contribution in [-0.2, 0) is 0 Å². The maximum absolute atomic E-state index is 14.1. The molecule has 0 saturated heterocycles. The Kier molecular flexibility index (Phi) is 3.37. The fourth-order valence-electron chi connectivity index (χ4n) is 2.42. The van der Waals surface area contributed by atoms with Gasteiger partial charge in [-0.3, -0.25) is 4.79 Å². The van der Waals surface area contributed by atoms with Gasteiger partial charge in [0, 0.05) is 5.56 Å². The fourth-order valence-corrected chi connectivity index (χ4v) is 2.42. The number of rotatable bonds is 3. The van der Waals surface area contributed by atoms with Crippen molar-refractivity contribution in [3.63, 3.8) is 0 Å². The third-order valence-corrected chi connectivity index (χ3v) is 3.45. The molecule has 1 fully saturated rings. The van der Waals surface area contributed by atoms with Gasteiger partial charge in [-0.2, -0.15) is 0 Å². The van der Waals surface area contributed by atoms with E-state index >= 15 is 0 Å². The summed E-state index contributed by atoms with van der Waals surface area (Å²) in [5.41, 5.74) is 1.37. The molecule has 0 bridgehead atoms. The molecule has 1 aliphatic carbocycles. The molecule has 0 radical (unpaired) electrons. The van der Waals surface area contributed by atoms with Crippen LogP contribution in [0.15, 0.2) is 24.3 Å². The van der Waals surface area contributed by atoms with Crippen molar-refractivity contribution in [3.8, 4) is 0 Å². The van der Waals surface area contributed by atoms with Crippen molar-refractivity contribution in [1.29, 1.82) is 0 Å². The van der Waals surface area contributed by atoms with Crippen LogP contribution in [0.25, 0.3) is 0 Å².